The Hall–Kier alpha value is -0.860. The van der Waals surface area contributed by atoms with E-state index in [0.29, 0.717) is 6.54 Å². The Labute approximate surface area is 146 Å². The fraction of sp³-hybridized carbons (Fsp3) is 0.562. The van der Waals surface area contributed by atoms with Crippen LogP contribution >= 0.6 is 22.6 Å². The molecule has 0 aliphatic carbocycles. The summed E-state index contributed by atoms with van der Waals surface area (Å²) in [6, 6.07) is 7.68. The zero-order valence-electron chi connectivity index (χ0n) is 13.1. The highest BCUT2D eigenvalue weighted by molar-refractivity contribution is 14.1. The van der Waals surface area contributed by atoms with Crippen LogP contribution in [0, 0.1) is 3.57 Å². The Morgan fingerprint density at radius 1 is 1.23 bits per heavy atom. The van der Waals surface area contributed by atoms with Gasteiger partial charge in [-0.2, -0.15) is 0 Å². The summed E-state index contributed by atoms with van der Waals surface area (Å²) in [6.07, 6.45) is 0.985. The van der Waals surface area contributed by atoms with Gasteiger partial charge in [-0.3, -0.25) is 4.79 Å². The van der Waals surface area contributed by atoms with E-state index in [4.69, 9.17) is 4.74 Å². The van der Waals surface area contributed by atoms with Crippen LogP contribution in [0.2, 0.25) is 0 Å². The Balaban J connectivity index is 1.53. The summed E-state index contributed by atoms with van der Waals surface area (Å²) in [4.78, 5) is 16.5. The first-order valence-corrected chi connectivity index (χ1v) is 8.77. The molecule has 0 bridgehead atoms. The predicted molar refractivity (Wildman–Crippen MR) is 96.2 cm³/mol. The lowest BCUT2D eigenvalue weighted by Crippen LogP contribution is -2.45. The third-order valence-electron chi connectivity index (χ3n) is 3.75. The largest absolute Gasteiger partial charge is 0.484 e. The molecular weight excluding hydrogens is 393 g/mol. The SMILES string of the molecule is CN1CCN(CCCNC(=O)COc2ccc(I)cc2)CC1. The first-order chi connectivity index (χ1) is 10.6. The molecule has 1 aliphatic rings. The number of piperazine rings is 1. The normalized spacial score (nSPS) is 16.5. The van der Waals surface area contributed by atoms with Gasteiger partial charge in [-0.1, -0.05) is 0 Å². The standard InChI is InChI=1S/C16H24IN3O2/c1-19-9-11-20(12-10-19)8-2-7-18-16(21)13-22-15-5-3-14(17)4-6-15/h3-6H,2,7-13H2,1H3,(H,18,21). The number of hydrogen-bond donors (Lipinski definition) is 1. The average molecular weight is 417 g/mol. The molecular formula is C16H24IN3O2. The molecule has 0 radical (unpaired) electrons. The second kappa shape index (κ2) is 9.32. The lowest BCUT2D eigenvalue weighted by atomic mass is 10.3. The molecule has 22 heavy (non-hydrogen) atoms. The summed E-state index contributed by atoms with van der Waals surface area (Å²) >= 11 is 2.24. The minimum absolute atomic E-state index is 0.0584. The van der Waals surface area contributed by atoms with Crippen molar-refractivity contribution in [1.82, 2.24) is 15.1 Å². The fourth-order valence-corrected chi connectivity index (χ4v) is 2.69. The quantitative estimate of drug-likeness (QED) is 0.539. The summed E-state index contributed by atoms with van der Waals surface area (Å²) < 4.78 is 6.60. The topological polar surface area (TPSA) is 44.8 Å². The predicted octanol–water partition coefficient (Wildman–Crippen LogP) is 1.42. The van der Waals surface area contributed by atoms with Crippen molar-refractivity contribution in [2.24, 2.45) is 0 Å². The maximum Gasteiger partial charge on any atom is 0.257 e. The summed E-state index contributed by atoms with van der Waals surface area (Å²) in [5, 5.41) is 2.91. The van der Waals surface area contributed by atoms with Gasteiger partial charge in [0.1, 0.15) is 5.75 Å². The van der Waals surface area contributed by atoms with Gasteiger partial charge in [0.25, 0.3) is 5.91 Å². The van der Waals surface area contributed by atoms with Gasteiger partial charge in [0.05, 0.1) is 0 Å². The molecule has 0 unspecified atom stereocenters. The molecule has 0 saturated carbocycles. The van der Waals surface area contributed by atoms with Gasteiger partial charge >= 0.3 is 0 Å². The number of benzene rings is 1. The van der Waals surface area contributed by atoms with Crippen molar-refractivity contribution in [3.05, 3.63) is 27.8 Å². The van der Waals surface area contributed by atoms with Crippen LogP contribution in [-0.4, -0.2) is 68.6 Å². The van der Waals surface area contributed by atoms with E-state index in [1.807, 2.05) is 24.3 Å². The van der Waals surface area contributed by atoms with Gasteiger partial charge in [-0.25, -0.2) is 0 Å². The van der Waals surface area contributed by atoms with Crippen LogP contribution in [0.4, 0.5) is 0 Å². The molecule has 1 N–H and O–H groups in total. The van der Waals surface area contributed by atoms with Crippen molar-refractivity contribution in [1.29, 1.82) is 0 Å². The summed E-state index contributed by atoms with van der Waals surface area (Å²) in [5.41, 5.74) is 0. The van der Waals surface area contributed by atoms with Gasteiger partial charge in [-0.15, -0.1) is 0 Å². The Bertz CT molecular complexity index is 459. The average Bonchev–Trinajstić information content (AvgIpc) is 2.53. The molecule has 0 spiro atoms. The number of amides is 1. The number of rotatable bonds is 7. The van der Waals surface area contributed by atoms with Crippen LogP contribution in [0.3, 0.4) is 0 Å². The van der Waals surface area contributed by atoms with Crippen molar-refractivity contribution in [2.75, 3.05) is 52.9 Å². The van der Waals surface area contributed by atoms with Crippen LogP contribution in [0.5, 0.6) is 5.75 Å². The van der Waals surface area contributed by atoms with E-state index in [2.05, 4.69) is 44.8 Å². The summed E-state index contributed by atoms with van der Waals surface area (Å²) in [5.74, 6) is 0.671. The van der Waals surface area contributed by atoms with Gasteiger partial charge in [0, 0.05) is 36.3 Å². The first-order valence-electron chi connectivity index (χ1n) is 7.69. The van der Waals surface area contributed by atoms with Gasteiger partial charge in [0.2, 0.25) is 0 Å². The number of halogens is 1. The molecule has 2 rings (SSSR count). The van der Waals surface area contributed by atoms with Crippen LogP contribution in [-0.2, 0) is 4.79 Å². The minimum Gasteiger partial charge on any atom is -0.484 e. The monoisotopic (exact) mass is 417 g/mol. The molecule has 1 saturated heterocycles. The number of carbonyl (C=O) groups excluding carboxylic acids is 1. The zero-order chi connectivity index (χ0) is 15.8. The smallest absolute Gasteiger partial charge is 0.257 e. The van der Waals surface area contributed by atoms with E-state index < -0.39 is 0 Å². The minimum atomic E-state index is -0.0584. The second-order valence-electron chi connectivity index (χ2n) is 5.59. The molecule has 122 valence electrons. The number of likely N-dealkylation sites (N-methyl/N-ethyl adjacent to an activating group) is 1. The van der Waals surface area contributed by atoms with E-state index >= 15 is 0 Å². The van der Waals surface area contributed by atoms with Crippen LogP contribution in [0.1, 0.15) is 6.42 Å². The maximum atomic E-state index is 11.7. The molecule has 1 heterocycles. The number of hydrogen-bond acceptors (Lipinski definition) is 4. The Morgan fingerprint density at radius 3 is 2.59 bits per heavy atom. The molecule has 0 aromatic heterocycles. The van der Waals surface area contributed by atoms with Crippen molar-refractivity contribution in [2.45, 2.75) is 6.42 Å². The lowest BCUT2D eigenvalue weighted by Gasteiger charge is -2.32. The molecule has 1 amide bonds. The van der Waals surface area contributed by atoms with Crippen molar-refractivity contribution >= 4 is 28.5 Å². The molecule has 0 atom stereocenters. The molecule has 1 aromatic rings. The third-order valence-corrected chi connectivity index (χ3v) is 4.47. The molecule has 1 aliphatic heterocycles. The number of carbonyl (C=O) groups is 1. The van der Waals surface area contributed by atoms with Gasteiger partial charge < -0.3 is 19.9 Å². The highest BCUT2D eigenvalue weighted by atomic mass is 127. The maximum absolute atomic E-state index is 11.7. The summed E-state index contributed by atoms with van der Waals surface area (Å²) in [7, 11) is 2.16. The van der Waals surface area contributed by atoms with Crippen LogP contribution in [0.25, 0.3) is 0 Å². The second-order valence-corrected chi connectivity index (χ2v) is 6.84. The van der Waals surface area contributed by atoms with E-state index in [0.717, 1.165) is 48.5 Å². The van der Waals surface area contributed by atoms with E-state index in [-0.39, 0.29) is 12.5 Å². The zero-order valence-corrected chi connectivity index (χ0v) is 15.2. The molecule has 1 fully saturated rings. The third kappa shape index (κ3) is 6.50. The van der Waals surface area contributed by atoms with E-state index in [1.54, 1.807) is 0 Å². The Morgan fingerprint density at radius 2 is 1.91 bits per heavy atom. The van der Waals surface area contributed by atoms with E-state index in [9.17, 15) is 4.79 Å². The summed E-state index contributed by atoms with van der Waals surface area (Å²) in [6.45, 7) is 6.36. The van der Waals surface area contributed by atoms with Crippen molar-refractivity contribution in [3.63, 3.8) is 0 Å². The lowest BCUT2D eigenvalue weighted by molar-refractivity contribution is -0.123. The Kier molecular flexibility index (Phi) is 7.41. The molecule has 6 heteroatoms. The number of nitrogens with zero attached hydrogens (tertiary/aromatic N) is 2. The van der Waals surface area contributed by atoms with Crippen LogP contribution < -0.4 is 10.1 Å². The first kappa shape index (κ1) is 17.5. The van der Waals surface area contributed by atoms with Crippen LogP contribution in [0.15, 0.2) is 24.3 Å². The number of nitrogens with one attached hydrogen (secondary N) is 1. The molecule has 5 nitrogen and oxygen atoms in total. The molecule has 1 aromatic carbocycles. The van der Waals surface area contributed by atoms with Crippen molar-refractivity contribution in [3.8, 4) is 5.75 Å². The van der Waals surface area contributed by atoms with Gasteiger partial charge in [-0.05, 0) is 66.9 Å². The van der Waals surface area contributed by atoms with Crippen molar-refractivity contribution < 1.29 is 9.53 Å². The van der Waals surface area contributed by atoms with Gasteiger partial charge in [0.15, 0.2) is 6.61 Å². The van der Waals surface area contributed by atoms with E-state index in [1.165, 1.54) is 0 Å². The highest BCUT2D eigenvalue weighted by Gasteiger charge is 2.12. The fourth-order valence-electron chi connectivity index (χ4n) is 2.33. The number of ether oxygens (including phenoxy) is 1. The highest BCUT2D eigenvalue weighted by Crippen LogP contribution is 2.13.